The molecule has 1 aromatic rings. The molecule has 80 valence electrons. The summed E-state index contributed by atoms with van der Waals surface area (Å²) in [5.41, 5.74) is 1.87. The molecule has 1 N–H and O–H groups in total. The van der Waals surface area contributed by atoms with Crippen molar-refractivity contribution in [1.82, 2.24) is 0 Å². The summed E-state index contributed by atoms with van der Waals surface area (Å²) in [7, 11) is 0. The van der Waals surface area contributed by atoms with Gasteiger partial charge in [0.15, 0.2) is 0 Å². The van der Waals surface area contributed by atoms with E-state index in [-0.39, 0.29) is 17.7 Å². The van der Waals surface area contributed by atoms with Crippen LogP contribution in [0, 0.1) is 5.92 Å². The van der Waals surface area contributed by atoms with Crippen molar-refractivity contribution in [1.29, 1.82) is 0 Å². The fourth-order valence-electron chi connectivity index (χ4n) is 1.79. The summed E-state index contributed by atoms with van der Waals surface area (Å²) in [5.74, 6) is -0.136. The number of benzene rings is 1. The summed E-state index contributed by atoms with van der Waals surface area (Å²) >= 11 is 0. The minimum Gasteiger partial charge on any atom is -0.325 e. The minimum absolute atomic E-state index is 0.00750. The minimum atomic E-state index is -0.276. The first-order valence-electron chi connectivity index (χ1n) is 5.28. The van der Waals surface area contributed by atoms with Gasteiger partial charge < -0.3 is 5.32 Å². The zero-order chi connectivity index (χ0) is 11.1. The Morgan fingerprint density at radius 1 is 1.38 bits per heavy atom. The summed E-state index contributed by atoms with van der Waals surface area (Å²) in [5, 5.41) is 2.79. The Balaban J connectivity index is 1.93. The Morgan fingerprint density at radius 2 is 2.19 bits per heavy atom. The van der Waals surface area contributed by atoms with Crippen molar-refractivity contribution in [2.24, 2.45) is 10.9 Å². The second-order valence-corrected chi connectivity index (χ2v) is 4.10. The summed E-state index contributed by atoms with van der Waals surface area (Å²) in [6.07, 6.45) is 3.43. The number of fused-ring (bicyclic) bond motifs is 1. The number of aliphatic imine (C=N–C) groups is 1. The van der Waals surface area contributed by atoms with Crippen molar-refractivity contribution in [2.45, 2.75) is 12.8 Å². The lowest BCUT2D eigenvalue weighted by molar-refractivity contribution is -0.117. The number of nitrogens with zero attached hydrogens (tertiary/aromatic N) is 1. The summed E-state index contributed by atoms with van der Waals surface area (Å²) in [4.78, 5) is 26.8. The number of carbonyl (C=O) groups excluding carboxylic acids is 2. The Kier molecular flexibility index (Phi) is 1.89. The van der Waals surface area contributed by atoms with Gasteiger partial charge in [-0.05, 0) is 18.9 Å². The molecule has 4 nitrogen and oxygen atoms in total. The van der Waals surface area contributed by atoms with Gasteiger partial charge in [0.25, 0.3) is 5.91 Å². The van der Waals surface area contributed by atoms with Gasteiger partial charge in [0.2, 0.25) is 5.91 Å². The molecule has 1 fully saturated rings. The Morgan fingerprint density at radius 3 is 2.94 bits per heavy atom. The first-order chi connectivity index (χ1) is 7.75. The molecule has 4 heteroatoms. The van der Waals surface area contributed by atoms with Crippen molar-refractivity contribution in [2.75, 3.05) is 5.32 Å². The van der Waals surface area contributed by atoms with E-state index in [1.165, 1.54) is 6.21 Å². The first kappa shape index (κ1) is 9.27. The molecule has 1 aliphatic carbocycles. The topological polar surface area (TPSA) is 58.5 Å². The van der Waals surface area contributed by atoms with Gasteiger partial charge in [-0.2, -0.15) is 0 Å². The average molecular weight is 214 g/mol. The smallest absolute Gasteiger partial charge is 0.279 e. The van der Waals surface area contributed by atoms with Gasteiger partial charge >= 0.3 is 0 Å². The number of amides is 2. The third-order valence-electron chi connectivity index (χ3n) is 2.84. The fraction of sp³-hybridized carbons (Fsp3) is 0.250. The van der Waals surface area contributed by atoms with E-state index in [0.29, 0.717) is 11.3 Å². The van der Waals surface area contributed by atoms with Crippen LogP contribution < -0.4 is 5.32 Å². The monoisotopic (exact) mass is 214 g/mol. The maximum Gasteiger partial charge on any atom is 0.279 e. The lowest BCUT2D eigenvalue weighted by Crippen LogP contribution is -2.15. The van der Waals surface area contributed by atoms with Crippen LogP contribution in [0.15, 0.2) is 23.2 Å². The molecule has 1 heterocycles. The largest absolute Gasteiger partial charge is 0.325 e. The number of hydrogen-bond donors (Lipinski definition) is 1. The van der Waals surface area contributed by atoms with Crippen LogP contribution in [-0.2, 0) is 4.79 Å². The molecule has 0 saturated heterocycles. The summed E-state index contributed by atoms with van der Waals surface area (Å²) in [6, 6.07) is 5.37. The zero-order valence-electron chi connectivity index (χ0n) is 8.56. The number of nitrogens with one attached hydrogen (secondary N) is 1. The van der Waals surface area contributed by atoms with Crippen LogP contribution in [0.5, 0.6) is 0 Å². The van der Waals surface area contributed by atoms with E-state index in [1.54, 1.807) is 6.07 Å². The highest BCUT2D eigenvalue weighted by atomic mass is 16.2. The van der Waals surface area contributed by atoms with Gasteiger partial charge in [0.1, 0.15) is 0 Å². The highest BCUT2D eigenvalue weighted by Gasteiger charge is 2.31. The van der Waals surface area contributed by atoms with E-state index in [2.05, 4.69) is 10.3 Å². The summed E-state index contributed by atoms with van der Waals surface area (Å²) in [6.45, 7) is 0. The predicted molar refractivity (Wildman–Crippen MR) is 59.7 cm³/mol. The third kappa shape index (κ3) is 1.43. The van der Waals surface area contributed by atoms with Gasteiger partial charge in [0.05, 0.1) is 11.3 Å². The van der Waals surface area contributed by atoms with Crippen molar-refractivity contribution in [3.8, 4) is 0 Å². The van der Waals surface area contributed by atoms with E-state index in [1.807, 2.05) is 12.1 Å². The van der Waals surface area contributed by atoms with E-state index in [4.69, 9.17) is 0 Å². The van der Waals surface area contributed by atoms with E-state index >= 15 is 0 Å². The quantitative estimate of drug-likeness (QED) is 0.813. The molecule has 2 amide bonds. The Labute approximate surface area is 92.4 Å². The lowest BCUT2D eigenvalue weighted by atomic mass is 10.1. The van der Waals surface area contributed by atoms with Crippen molar-refractivity contribution in [3.63, 3.8) is 0 Å². The third-order valence-corrected chi connectivity index (χ3v) is 2.84. The lowest BCUT2D eigenvalue weighted by Gasteiger charge is -2.07. The molecular formula is C12H10N2O2. The average Bonchev–Trinajstić information content (AvgIpc) is 3.05. The fourth-order valence-corrected chi connectivity index (χ4v) is 1.79. The molecule has 1 aromatic carbocycles. The van der Waals surface area contributed by atoms with Crippen LogP contribution in [0.25, 0.3) is 0 Å². The molecule has 0 bridgehead atoms. The maximum atomic E-state index is 11.6. The van der Waals surface area contributed by atoms with Crippen LogP contribution in [0.1, 0.15) is 28.8 Å². The first-order valence-corrected chi connectivity index (χ1v) is 5.28. The van der Waals surface area contributed by atoms with Crippen LogP contribution in [-0.4, -0.2) is 18.0 Å². The van der Waals surface area contributed by atoms with Gasteiger partial charge in [-0.3, -0.25) is 9.59 Å². The molecule has 16 heavy (non-hydrogen) atoms. The predicted octanol–water partition coefficient (Wildman–Crippen LogP) is 1.61. The molecule has 0 radical (unpaired) electrons. The van der Waals surface area contributed by atoms with Gasteiger partial charge in [-0.15, -0.1) is 0 Å². The van der Waals surface area contributed by atoms with Crippen molar-refractivity contribution >= 4 is 23.7 Å². The van der Waals surface area contributed by atoms with Crippen LogP contribution in [0.3, 0.4) is 0 Å². The molecule has 0 atom stereocenters. The number of rotatable bonds is 2. The van der Waals surface area contributed by atoms with Crippen LogP contribution >= 0.6 is 0 Å². The van der Waals surface area contributed by atoms with E-state index in [0.717, 1.165) is 18.4 Å². The van der Waals surface area contributed by atoms with Crippen molar-refractivity contribution in [3.05, 3.63) is 29.3 Å². The number of hydrogen-bond acceptors (Lipinski definition) is 2. The van der Waals surface area contributed by atoms with E-state index in [9.17, 15) is 9.59 Å². The number of carbonyl (C=O) groups is 2. The standard InChI is InChI=1S/C12H10N2O2/c15-11(7-4-5-7)14-9-3-1-2-8-6-13-12(16)10(8)9/h1-3,6-7H,4-5H2,(H,14,15). The molecule has 0 spiro atoms. The SMILES string of the molecule is O=C1N=Cc2cccc(NC(=O)C3CC3)c21. The second-order valence-electron chi connectivity index (χ2n) is 4.10. The van der Waals surface area contributed by atoms with Crippen LogP contribution in [0.4, 0.5) is 5.69 Å². The summed E-state index contributed by atoms with van der Waals surface area (Å²) < 4.78 is 0. The van der Waals surface area contributed by atoms with Crippen LogP contribution in [0.2, 0.25) is 0 Å². The molecule has 1 aliphatic heterocycles. The normalized spacial score (nSPS) is 17.4. The second kappa shape index (κ2) is 3.27. The molecule has 0 aromatic heterocycles. The highest BCUT2D eigenvalue weighted by molar-refractivity contribution is 6.17. The molecule has 1 saturated carbocycles. The molecular weight excluding hydrogens is 204 g/mol. The maximum absolute atomic E-state index is 11.6. The van der Waals surface area contributed by atoms with Gasteiger partial charge in [0, 0.05) is 17.7 Å². The Bertz CT molecular complexity index is 516. The van der Waals surface area contributed by atoms with Crippen molar-refractivity contribution < 1.29 is 9.59 Å². The Hall–Kier alpha value is -1.97. The molecule has 3 rings (SSSR count). The molecule has 0 unspecified atom stereocenters. The van der Waals surface area contributed by atoms with E-state index < -0.39 is 0 Å². The highest BCUT2D eigenvalue weighted by Crippen LogP contribution is 2.31. The zero-order valence-corrected chi connectivity index (χ0v) is 8.56. The van der Waals surface area contributed by atoms with Gasteiger partial charge in [-0.1, -0.05) is 12.1 Å². The molecule has 2 aliphatic rings. The van der Waals surface area contributed by atoms with Gasteiger partial charge in [-0.25, -0.2) is 4.99 Å². The number of anilines is 1.